The van der Waals surface area contributed by atoms with E-state index in [1.54, 1.807) is 0 Å². The van der Waals surface area contributed by atoms with E-state index in [0.717, 1.165) is 12.0 Å². The molecular weight excluding hydrogens is 222 g/mol. The minimum Gasteiger partial charge on any atom is -0.326 e. The number of nitrogens with two attached hydrogens (primary N) is 1. The minimum atomic E-state index is -0.263. The monoisotopic (exact) mass is 245 g/mol. The van der Waals surface area contributed by atoms with Crippen LogP contribution in [-0.4, -0.2) is 11.3 Å². The predicted octanol–water partition coefficient (Wildman–Crippen LogP) is 3.65. The van der Waals surface area contributed by atoms with Crippen molar-refractivity contribution in [2.24, 2.45) is 5.73 Å². The maximum absolute atomic E-state index is 12.3. The summed E-state index contributed by atoms with van der Waals surface area (Å²) in [5.41, 5.74) is 7.86. The first-order valence-electron chi connectivity index (χ1n) is 6.88. The Morgan fingerprint density at radius 2 is 2.00 bits per heavy atom. The summed E-state index contributed by atoms with van der Waals surface area (Å²) in [5, 5.41) is 0. The number of rotatable bonds is 5. The van der Waals surface area contributed by atoms with E-state index in [1.165, 1.54) is 24.8 Å². The molecule has 1 aliphatic carbocycles. The molecule has 2 heteroatoms. The van der Waals surface area contributed by atoms with Crippen LogP contribution in [0.5, 0.6) is 0 Å². The number of carbonyl (C=O) groups is 1. The van der Waals surface area contributed by atoms with Crippen molar-refractivity contribution in [3.8, 4) is 0 Å². The molecule has 1 aliphatic rings. The van der Waals surface area contributed by atoms with Gasteiger partial charge in [0, 0.05) is 17.5 Å². The van der Waals surface area contributed by atoms with Crippen LogP contribution < -0.4 is 5.73 Å². The third-order valence-electron chi connectivity index (χ3n) is 3.80. The van der Waals surface area contributed by atoms with E-state index in [-0.39, 0.29) is 11.3 Å². The van der Waals surface area contributed by atoms with Gasteiger partial charge in [0.1, 0.15) is 0 Å². The van der Waals surface area contributed by atoms with Crippen LogP contribution >= 0.6 is 0 Å². The zero-order valence-electron chi connectivity index (χ0n) is 11.4. The molecule has 18 heavy (non-hydrogen) atoms. The number of hydrogen-bond donors (Lipinski definition) is 1. The van der Waals surface area contributed by atoms with Crippen LogP contribution in [0.15, 0.2) is 24.3 Å². The van der Waals surface area contributed by atoms with E-state index in [1.807, 2.05) is 32.0 Å². The van der Waals surface area contributed by atoms with Gasteiger partial charge in [0.05, 0.1) is 0 Å². The Morgan fingerprint density at radius 3 is 2.56 bits per heavy atom. The van der Waals surface area contributed by atoms with E-state index in [2.05, 4.69) is 6.07 Å². The van der Waals surface area contributed by atoms with Gasteiger partial charge in [0.25, 0.3) is 0 Å². The van der Waals surface area contributed by atoms with E-state index < -0.39 is 0 Å². The molecule has 1 saturated carbocycles. The van der Waals surface area contributed by atoms with Crippen LogP contribution in [0, 0.1) is 0 Å². The lowest BCUT2D eigenvalue weighted by Crippen LogP contribution is -2.32. The summed E-state index contributed by atoms with van der Waals surface area (Å²) in [6, 6.07) is 8.09. The third-order valence-corrected chi connectivity index (χ3v) is 3.80. The average Bonchev–Trinajstić information content (AvgIpc) is 2.23. The summed E-state index contributed by atoms with van der Waals surface area (Å²) >= 11 is 0. The van der Waals surface area contributed by atoms with Crippen molar-refractivity contribution in [3.05, 3.63) is 35.4 Å². The molecule has 0 heterocycles. The Bertz CT molecular complexity index is 427. The van der Waals surface area contributed by atoms with Gasteiger partial charge in [-0.1, -0.05) is 30.7 Å². The predicted molar refractivity (Wildman–Crippen MR) is 74.9 cm³/mol. The van der Waals surface area contributed by atoms with Gasteiger partial charge in [-0.3, -0.25) is 4.79 Å². The summed E-state index contributed by atoms with van der Waals surface area (Å²) in [4.78, 5) is 12.3. The third kappa shape index (κ3) is 3.20. The molecule has 98 valence electrons. The van der Waals surface area contributed by atoms with Crippen LogP contribution in [0.1, 0.15) is 67.8 Å². The van der Waals surface area contributed by atoms with Crippen molar-refractivity contribution < 1.29 is 4.79 Å². The summed E-state index contributed by atoms with van der Waals surface area (Å²) in [7, 11) is 0. The summed E-state index contributed by atoms with van der Waals surface area (Å²) in [6.07, 6.45) is 5.04. The van der Waals surface area contributed by atoms with E-state index in [9.17, 15) is 4.79 Å². The standard InChI is InChI=1S/C16H23NO/c1-16(2,17)11-10-15(18)14-9-4-3-8-13(14)12-6-5-7-12/h3-4,8-9,12H,5-7,10-11,17H2,1-2H3. The van der Waals surface area contributed by atoms with Gasteiger partial charge < -0.3 is 5.73 Å². The quantitative estimate of drug-likeness (QED) is 0.804. The molecule has 0 radical (unpaired) electrons. The normalized spacial score (nSPS) is 16.4. The van der Waals surface area contributed by atoms with Gasteiger partial charge in [-0.05, 0) is 44.6 Å². The topological polar surface area (TPSA) is 43.1 Å². The van der Waals surface area contributed by atoms with Gasteiger partial charge in [0.2, 0.25) is 0 Å². The second-order valence-electron chi connectivity index (χ2n) is 6.13. The van der Waals surface area contributed by atoms with E-state index in [0.29, 0.717) is 12.3 Å². The highest BCUT2D eigenvalue weighted by molar-refractivity contribution is 5.97. The fourth-order valence-corrected chi connectivity index (χ4v) is 2.40. The maximum Gasteiger partial charge on any atom is 0.163 e. The molecule has 0 amide bonds. The SMILES string of the molecule is CC(C)(N)CCC(=O)c1ccccc1C1CCC1. The molecule has 2 rings (SSSR count). The summed E-state index contributed by atoms with van der Waals surface area (Å²) < 4.78 is 0. The second kappa shape index (κ2) is 5.23. The Labute approximate surface area is 110 Å². The fourth-order valence-electron chi connectivity index (χ4n) is 2.40. The van der Waals surface area contributed by atoms with Crippen molar-refractivity contribution in [2.75, 3.05) is 0 Å². The maximum atomic E-state index is 12.3. The molecule has 0 saturated heterocycles. The Morgan fingerprint density at radius 1 is 1.33 bits per heavy atom. The van der Waals surface area contributed by atoms with Crippen LogP contribution in [0.2, 0.25) is 0 Å². The van der Waals surface area contributed by atoms with Crippen molar-refractivity contribution in [1.82, 2.24) is 0 Å². The van der Waals surface area contributed by atoms with Crippen molar-refractivity contribution in [2.45, 2.75) is 57.4 Å². The molecule has 0 aromatic heterocycles. The second-order valence-corrected chi connectivity index (χ2v) is 6.13. The first-order chi connectivity index (χ1) is 8.47. The van der Waals surface area contributed by atoms with Crippen LogP contribution in [0.3, 0.4) is 0 Å². The van der Waals surface area contributed by atoms with Crippen molar-refractivity contribution in [3.63, 3.8) is 0 Å². The van der Waals surface area contributed by atoms with Gasteiger partial charge in [-0.2, -0.15) is 0 Å². The number of hydrogen-bond acceptors (Lipinski definition) is 2. The molecule has 1 fully saturated rings. The highest BCUT2D eigenvalue weighted by Crippen LogP contribution is 2.38. The Hall–Kier alpha value is -1.15. The number of benzene rings is 1. The van der Waals surface area contributed by atoms with Crippen LogP contribution in [-0.2, 0) is 0 Å². The highest BCUT2D eigenvalue weighted by Gasteiger charge is 2.24. The summed E-state index contributed by atoms with van der Waals surface area (Å²) in [5.74, 6) is 0.854. The molecule has 0 spiro atoms. The minimum absolute atomic E-state index is 0.246. The largest absolute Gasteiger partial charge is 0.326 e. The van der Waals surface area contributed by atoms with Crippen LogP contribution in [0.25, 0.3) is 0 Å². The molecule has 0 bridgehead atoms. The smallest absolute Gasteiger partial charge is 0.163 e. The van der Waals surface area contributed by atoms with Gasteiger partial charge in [0.15, 0.2) is 5.78 Å². The summed E-state index contributed by atoms with van der Waals surface area (Å²) in [6.45, 7) is 3.94. The molecule has 0 atom stereocenters. The van der Waals surface area contributed by atoms with E-state index in [4.69, 9.17) is 5.73 Å². The molecular formula is C16H23NO. The molecule has 0 aliphatic heterocycles. The first kappa shape index (κ1) is 13.3. The average molecular weight is 245 g/mol. The lowest BCUT2D eigenvalue weighted by Gasteiger charge is -2.27. The first-order valence-corrected chi connectivity index (χ1v) is 6.88. The lowest BCUT2D eigenvalue weighted by molar-refractivity contribution is 0.0970. The molecule has 0 unspecified atom stereocenters. The van der Waals surface area contributed by atoms with Gasteiger partial charge in [-0.15, -0.1) is 0 Å². The molecule has 1 aromatic carbocycles. The van der Waals surface area contributed by atoms with Crippen LogP contribution in [0.4, 0.5) is 0 Å². The van der Waals surface area contributed by atoms with E-state index >= 15 is 0 Å². The molecule has 2 nitrogen and oxygen atoms in total. The number of Topliss-reactive ketones (excluding diaryl/α,β-unsaturated/α-hetero) is 1. The fraction of sp³-hybridized carbons (Fsp3) is 0.562. The zero-order valence-corrected chi connectivity index (χ0v) is 11.4. The van der Waals surface area contributed by atoms with Gasteiger partial charge >= 0.3 is 0 Å². The Balaban J connectivity index is 2.09. The van der Waals surface area contributed by atoms with Crippen molar-refractivity contribution >= 4 is 5.78 Å². The Kier molecular flexibility index (Phi) is 3.86. The number of carbonyl (C=O) groups excluding carboxylic acids is 1. The molecule has 1 aromatic rings. The lowest BCUT2D eigenvalue weighted by atomic mass is 9.77. The van der Waals surface area contributed by atoms with Crippen molar-refractivity contribution in [1.29, 1.82) is 0 Å². The van der Waals surface area contributed by atoms with Gasteiger partial charge in [-0.25, -0.2) is 0 Å². The highest BCUT2D eigenvalue weighted by atomic mass is 16.1. The molecule has 2 N–H and O–H groups in total. The number of ketones is 1. The zero-order chi connectivity index (χ0) is 13.2.